The SMILES string of the molecule is COc1cccc2c1C(C(=O)NCc1cc(C3CC3)nn1C)CC2. The summed E-state index contributed by atoms with van der Waals surface area (Å²) in [5.74, 6) is 1.41. The Morgan fingerprint density at radius 2 is 2.21 bits per heavy atom. The number of carbonyl (C=O) groups excluding carboxylic acids is 1. The summed E-state index contributed by atoms with van der Waals surface area (Å²) in [5.41, 5.74) is 4.50. The minimum absolute atomic E-state index is 0.0763. The van der Waals surface area contributed by atoms with Gasteiger partial charge in [0, 0.05) is 18.5 Å². The highest BCUT2D eigenvalue weighted by atomic mass is 16.5. The van der Waals surface area contributed by atoms with Crippen molar-refractivity contribution in [3.8, 4) is 5.75 Å². The number of methoxy groups -OCH3 is 1. The molecule has 0 radical (unpaired) electrons. The Morgan fingerprint density at radius 1 is 1.38 bits per heavy atom. The Bertz CT molecular complexity index is 777. The van der Waals surface area contributed by atoms with Gasteiger partial charge in [0.15, 0.2) is 0 Å². The molecule has 1 amide bonds. The van der Waals surface area contributed by atoms with Crippen LogP contribution in [-0.2, 0) is 24.8 Å². The lowest BCUT2D eigenvalue weighted by molar-refractivity contribution is -0.122. The summed E-state index contributed by atoms with van der Waals surface area (Å²) in [6, 6.07) is 8.15. The van der Waals surface area contributed by atoms with Gasteiger partial charge in [0.25, 0.3) is 0 Å². The molecule has 1 unspecified atom stereocenters. The first-order valence-electron chi connectivity index (χ1n) is 8.63. The maximum absolute atomic E-state index is 12.7. The standard InChI is InChI=1S/C19H23N3O2/c1-22-14(10-16(21-22)12-6-7-12)11-20-19(23)15-9-8-13-4-3-5-17(24-2)18(13)15/h3-5,10,12,15H,6-9,11H2,1-2H3,(H,20,23). The Morgan fingerprint density at radius 3 is 2.96 bits per heavy atom. The molecule has 2 aliphatic carbocycles. The first-order chi connectivity index (χ1) is 11.7. The predicted octanol–water partition coefficient (Wildman–Crippen LogP) is 2.65. The summed E-state index contributed by atoms with van der Waals surface area (Å²) in [6.45, 7) is 0.524. The molecule has 1 heterocycles. The monoisotopic (exact) mass is 325 g/mol. The number of aryl methyl sites for hydroxylation is 2. The largest absolute Gasteiger partial charge is 0.496 e. The highest BCUT2D eigenvalue weighted by Crippen LogP contribution is 2.40. The van der Waals surface area contributed by atoms with Crippen molar-refractivity contribution in [3.63, 3.8) is 0 Å². The highest BCUT2D eigenvalue weighted by Gasteiger charge is 2.32. The third-order valence-electron chi connectivity index (χ3n) is 5.18. The fraction of sp³-hybridized carbons (Fsp3) is 0.474. The summed E-state index contributed by atoms with van der Waals surface area (Å²) in [5, 5.41) is 7.65. The zero-order valence-corrected chi connectivity index (χ0v) is 14.2. The second-order valence-corrected chi connectivity index (χ2v) is 6.80. The summed E-state index contributed by atoms with van der Waals surface area (Å²) in [4.78, 5) is 12.7. The van der Waals surface area contributed by atoms with Crippen LogP contribution in [0.15, 0.2) is 24.3 Å². The lowest BCUT2D eigenvalue weighted by Crippen LogP contribution is -2.28. The van der Waals surface area contributed by atoms with Crippen molar-refractivity contribution in [1.29, 1.82) is 0 Å². The van der Waals surface area contributed by atoms with E-state index in [0.717, 1.165) is 35.5 Å². The van der Waals surface area contributed by atoms with Crippen molar-refractivity contribution in [2.24, 2.45) is 7.05 Å². The fourth-order valence-electron chi connectivity index (χ4n) is 3.66. The van der Waals surface area contributed by atoms with Crippen molar-refractivity contribution in [2.75, 3.05) is 7.11 Å². The van der Waals surface area contributed by atoms with Gasteiger partial charge in [0.05, 0.1) is 31.0 Å². The second-order valence-electron chi connectivity index (χ2n) is 6.80. The number of aromatic nitrogens is 2. The van der Waals surface area contributed by atoms with E-state index < -0.39 is 0 Å². The van der Waals surface area contributed by atoms with Crippen LogP contribution in [0.2, 0.25) is 0 Å². The highest BCUT2D eigenvalue weighted by molar-refractivity contribution is 5.85. The van der Waals surface area contributed by atoms with E-state index in [1.165, 1.54) is 18.4 Å². The second kappa shape index (κ2) is 5.96. The molecule has 1 fully saturated rings. The molecule has 0 bridgehead atoms. The molecule has 1 N–H and O–H groups in total. The zero-order valence-electron chi connectivity index (χ0n) is 14.2. The minimum Gasteiger partial charge on any atom is -0.496 e. The van der Waals surface area contributed by atoms with Gasteiger partial charge in [-0.15, -0.1) is 0 Å². The van der Waals surface area contributed by atoms with E-state index in [4.69, 9.17) is 4.74 Å². The molecule has 1 aromatic heterocycles. The number of fused-ring (bicyclic) bond motifs is 1. The van der Waals surface area contributed by atoms with Crippen LogP contribution >= 0.6 is 0 Å². The summed E-state index contributed by atoms with van der Waals surface area (Å²) in [7, 11) is 3.61. The first kappa shape index (κ1) is 15.2. The van der Waals surface area contributed by atoms with Crippen molar-refractivity contribution in [1.82, 2.24) is 15.1 Å². The van der Waals surface area contributed by atoms with Crippen LogP contribution in [0.4, 0.5) is 0 Å². The fourth-order valence-corrected chi connectivity index (χ4v) is 3.66. The lowest BCUT2D eigenvalue weighted by atomic mass is 9.99. The molecular weight excluding hydrogens is 302 g/mol. The number of nitrogens with zero attached hydrogens (tertiary/aromatic N) is 2. The summed E-state index contributed by atoms with van der Waals surface area (Å²) >= 11 is 0. The number of rotatable bonds is 5. The van der Waals surface area contributed by atoms with E-state index in [9.17, 15) is 4.79 Å². The Kier molecular flexibility index (Phi) is 3.79. The van der Waals surface area contributed by atoms with E-state index in [2.05, 4.69) is 22.5 Å². The van der Waals surface area contributed by atoms with Gasteiger partial charge in [-0.3, -0.25) is 9.48 Å². The van der Waals surface area contributed by atoms with Crippen LogP contribution < -0.4 is 10.1 Å². The summed E-state index contributed by atoms with van der Waals surface area (Å²) in [6.07, 6.45) is 4.26. The molecule has 0 saturated heterocycles. The van der Waals surface area contributed by atoms with Gasteiger partial charge in [0.1, 0.15) is 5.75 Å². The first-order valence-corrected chi connectivity index (χ1v) is 8.63. The van der Waals surface area contributed by atoms with Crippen LogP contribution in [-0.4, -0.2) is 22.8 Å². The molecule has 2 aromatic rings. The molecule has 126 valence electrons. The Labute approximate surface area is 142 Å². The number of hydrogen-bond acceptors (Lipinski definition) is 3. The number of carbonyl (C=O) groups is 1. The van der Waals surface area contributed by atoms with E-state index in [1.54, 1.807) is 7.11 Å². The van der Waals surface area contributed by atoms with Gasteiger partial charge in [-0.1, -0.05) is 12.1 Å². The number of amides is 1. The van der Waals surface area contributed by atoms with Crippen molar-refractivity contribution >= 4 is 5.91 Å². The van der Waals surface area contributed by atoms with Crippen molar-refractivity contribution < 1.29 is 9.53 Å². The smallest absolute Gasteiger partial charge is 0.228 e. The molecule has 1 atom stereocenters. The van der Waals surface area contributed by atoms with Crippen LogP contribution in [0.3, 0.4) is 0 Å². The third kappa shape index (κ3) is 2.68. The average molecular weight is 325 g/mol. The lowest BCUT2D eigenvalue weighted by Gasteiger charge is -2.15. The Balaban J connectivity index is 1.46. The molecular formula is C19H23N3O2. The maximum Gasteiger partial charge on any atom is 0.228 e. The van der Waals surface area contributed by atoms with Crippen molar-refractivity contribution in [3.05, 3.63) is 46.8 Å². The predicted molar refractivity (Wildman–Crippen MR) is 91.1 cm³/mol. The molecule has 24 heavy (non-hydrogen) atoms. The molecule has 1 aromatic carbocycles. The number of nitrogens with one attached hydrogen (secondary N) is 1. The van der Waals surface area contributed by atoms with Gasteiger partial charge in [0.2, 0.25) is 5.91 Å². The van der Waals surface area contributed by atoms with E-state index in [1.807, 2.05) is 23.9 Å². The molecule has 5 heteroatoms. The molecule has 1 saturated carbocycles. The number of ether oxygens (including phenoxy) is 1. The van der Waals surface area contributed by atoms with E-state index in [-0.39, 0.29) is 11.8 Å². The topological polar surface area (TPSA) is 56.1 Å². The van der Waals surface area contributed by atoms with E-state index in [0.29, 0.717) is 12.5 Å². The van der Waals surface area contributed by atoms with Gasteiger partial charge in [-0.25, -0.2) is 0 Å². The maximum atomic E-state index is 12.7. The zero-order chi connectivity index (χ0) is 16.7. The van der Waals surface area contributed by atoms with Crippen LogP contribution in [0.1, 0.15) is 53.6 Å². The molecule has 2 aliphatic rings. The quantitative estimate of drug-likeness (QED) is 0.919. The molecule has 5 nitrogen and oxygen atoms in total. The number of hydrogen-bond donors (Lipinski definition) is 1. The van der Waals surface area contributed by atoms with E-state index >= 15 is 0 Å². The minimum atomic E-state index is -0.118. The van der Waals surface area contributed by atoms with Gasteiger partial charge in [-0.2, -0.15) is 5.10 Å². The molecule has 4 rings (SSSR count). The average Bonchev–Trinajstić information content (AvgIpc) is 3.24. The van der Waals surface area contributed by atoms with Crippen LogP contribution in [0, 0.1) is 0 Å². The van der Waals surface area contributed by atoms with Gasteiger partial charge < -0.3 is 10.1 Å². The summed E-state index contributed by atoms with van der Waals surface area (Å²) < 4.78 is 7.35. The van der Waals surface area contributed by atoms with Gasteiger partial charge in [-0.05, 0) is 43.4 Å². The molecule has 0 spiro atoms. The number of benzene rings is 1. The van der Waals surface area contributed by atoms with Crippen molar-refractivity contribution in [2.45, 2.75) is 44.1 Å². The molecule has 0 aliphatic heterocycles. The van der Waals surface area contributed by atoms with Gasteiger partial charge >= 0.3 is 0 Å². The van der Waals surface area contributed by atoms with Crippen LogP contribution in [0.25, 0.3) is 0 Å². The van der Waals surface area contributed by atoms with Crippen LogP contribution in [0.5, 0.6) is 5.75 Å². The third-order valence-corrected chi connectivity index (χ3v) is 5.18. The Hall–Kier alpha value is -2.30. The normalized spacial score (nSPS) is 19.2.